The molecule has 1 aliphatic carbocycles. The molecule has 0 atom stereocenters. The molecule has 0 radical (unpaired) electrons. The molecule has 3 heteroatoms. The van der Waals surface area contributed by atoms with Crippen molar-refractivity contribution in [3.63, 3.8) is 0 Å². The molecule has 334 valence electrons. The molecular weight excluding hydrogens is 859 g/mol. The first-order valence-electron chi connectivity index (χ1n) is 24.6. The topological polar surface area (TPSA) is 19.4 Å². The molecule has 0 amide bonds. The van der Waals surface area contributed by atoms with Gasteiger partial charge < -0.3 is 9.80 Å². The Balaban J connectivity index is 0.923. The summed E-state index contributed by atoms with van der Waals surface area (Å²) in [6.45, 7) is 4.72. The van der Waals surface area contributed by atoms with Gasteiger partial charge >= 0.3 is 0 Å². The first-order valence-corrected chi connectivity index (χ1v) is 24.6. The second kappa shape index (κ2) is 16.0. The standard InChI is InChI=1S/C68H47N3/c1-68(2)62-28-10-7-25-56(62)57-34-31-48(42-63(57)68)44-16-13-19-50(38-44)70-64-29-11-8-26-58(64)52-21-3-5-23-54(52)60-40-46(32-35-66(60)70)47-33-36-67-61(41-47)55-24-6-4-22-53(55)59-27-9-12-30-65(59)71(67)51-20-14-17-45(39-51)49-18-15-37-69-43-49/h3-43H,1-2H3. The van der Waals surface area contributed by atoms with Crippen LogP contribution in [0.4, 0.5) is 34.1 Å². The van der Waals surface area contributed by atoms with Crippen LogP contribution in [-0.4, -0.2) is 4.98 Å². The van der Waals surface area contributed by atoms with Crippen LogP contribution in [0, 0.1) is 0 Å². The van der Waals surface area contributed by atoms with Crippen LogP contribution in [0.15, 0.2) is 249 Å². The number of pyridine rings is 1. The van der Waals surface area contributed by atoms with E-state index in [2.05, 4.69) is 259 Å². The number of hydrogen-bond donors (Lipinski definition) is 0. The van der Waals surface area contributed by atoms with Crippen molar-refractivity contribution in [2.45, 2.75) is 19.3 Å². The summed E-state index contributed by atoms with van der Waals surface area (Å²) in [4.78, 5) is 9.36. The second-order valence-electron chi connectivity index (χ2n) is 19.5. The van der Waals surface area contributed by atoms with E-state index in [1.165, 1.54) is 77.9 Å². The van der Waals surface area contributed by atoms with Crippen molar-refractivity contribution in [2.75, 3.05) is 9.80 Å². The molecule has 2 aliphatic heterocycles. The maximum atomic E-state index is 4.45. The van der Waals surface area contributed by atoms with Gasteiger partial charge in [-0.1, -0.05) is 178 Å². The highest BCUT2D eigenvalue weighted by atomic mass is 15.2. The molecule has 0 saturated heterocycles. The third kappa shape index (κ3) is 6.47. The lowest BCUT2D eigenvalue weighted by molar-refractivity contribution is 0.660. The van der Waals surface area contributed by atoms with Gasteiger partial charge in [-0.25, -0.2) is 0 Å². The Morgan fingerprint density at radius 3 is 1.24 bits per heavy atom. The zero-order valence-electron chi connectivity index (χ0n) is 39.5. The lowest BCUT2D eigenvalue weighted by atomic mass is 9.81. The lowest BCUT2D eigenvalue weighted by Crippen LogP contribution is -2.14. The van der Waals surface area contributed by atoms with Crippen molar-refractivity contribution in [3.8, 4) is 89.0 Å². The van der Waals surface area contributed by atoms with E-state index < -0.39 is 0 Å². The second-order valence-corrected chi connectivity index (χ2v) is 19.5. The first-order chi connectivity index (χ1) is 35.0. The van der Waals surface area contributed by atoms with Gasteiger partial charge in [-0.15, -0.1) is 0 Å². The minimum absolute atomic E-state index is 0.0800. The van der Waals surface area contributed by atoms with Gasteiger partial charge in [0.1, 0.15) is 0 Å². The minimum atomic E-state index is -0.0800. The molecule has 3 heterocycles. The van der Waals surface area contributed by atoms with Crippen LogP contribution in [0.5, 0.6) is 0 Å². The third-order valence-corrected chi connectivity index (χ3v) is 15.2. The number of nitrogens with zero attached hydrogens (tertiary/aromatic N) is 3. The SMILES string of the molecule is CC1(C)c2ccccc2-c2ccc(-c3cccc(N4c5ccccc5-c5ccccc5-c5cc(-c6ccc7c(c6)-c6ccccc6-c6ccccc6N7c6cccc(-c7cccnc7)c6)ccc54)c3)cc21. The van der Waals surface area contributed by atoms with Crippen molar-refractivity contribution in [2.24, 2.45) is 0 Å². The van der Waals surface area contributed by atoms with Crippen molar-refractivity contribution >= 4 is 34.1 Å². The number of para-hydroxylation sites is 2. The van der Waals surface area contributed by atoms with Gasteiger partial charge in [0.15, 0.2) is 0 Å². The Labute approximate surface area is 415 Å². The largest absolute Gasteiger partial charge is 0.309 e. The zero-order chi connectivity index (χ0) is 47.2. The summed E-state index contributed by atoms with van der Waals surface area (Å²) < 4.78 is 0. The summed E-state index contributed by atoms with van der Waals surface area (Å²) in [6.07, 6.45) is 3.77. The van der Waals surface area contributed by atoms with Crippen LogP contribution in [0.3, 0.4) is 0 Å². The lowest BCUT2D eigenvalue weighted by Gasteiger charge is -2.29. The monoisotopic (exact) mass is 905 g/mol. The molecule has 0 bridgehead atoms. The minimum Gasteiger partial charge on any atom is -0.309 e. The number of rotatable bonds is 5. The van der Waals surface area contributed by atoms with E-state index in [0.29, 0.717) is 0 Å². The van der Waals surface area contributed by atoms with E-state index in [-0.39, 0.29) is 5.41 Å². The summed E-state index contributed by atoms with van der Waals surface area (Å²) in [5.41, 5.74) is 28.7. The molecule has 71 heavy (non-hydrogen) atoms. The van der Waals surface area contributed by atoms with E-state index in [1.54, 1.807) is 0 Å². The van der Waals surface area contributed by atoms with Crippen LogP contribution in [0.1, 0.15) is 25.0 Å². The van der Waals surface area contributed by atoms with Gasteiger partial charge in [-0.05, 0) is 145 Å². The Morgan fingerprint density at radius 2 is 0.690 bits per heavy atom. The molecule has 3 nitrogen and oxygen atoms in total. The Hall–Kier alpha value is -9.05. The maximum absolute atomic E-state index is 4.45. The van der Waals surface area contributed by atoms with Crippen LogP contribution in [0.2, 0.25) is 0 Å². The fourth-order valence-corrected chi connectivity index (χ4v) is 11.8. The van der Waals surface area contributed by atoms with Gasteiger partial charge in [0.05, 0.1) is 22.7 Å². The maximum Gasteiger partial charge on any atom is 0.0540 e. The number of hydrogen-bond acceptors (Lipinski definition) is 3. The summed E-state index contributed by atoms with van der Waals surface area (Å²) in [7, 11) is 0. The Morgan fingerprint density at radius 1 is 0.282 bits per heavy atom. The predicted molar refractivity (Wildman–Crippen MR) is 296 cm³/mol. The molecule has 14 rings (SSSR count). The average Bonchev–Trinajstić information content (AvgIpc) is 3.51. The molecule has 11 aromatic rings. The predicted octanol–water partition coefficient (Wildman–Crippen LogP) is 18.6. The molecule has 10 aromatic carbocycles. The first kappa shape index (κ1) is 41.0. The fourth-order valence-electron chi connectivity index (χ4n) is 11.8. The van der Waals surface area contributed by atoms with E-state index in [4.69, 9.17) is 0 Å². The van der Waals surface area contributed by atoms with Crippen molar-refractivity contribution < 1.29 is 0 Å². The van der Waals surface area contributed by atoms with Gasteiger partial charge in [0.25, 0.3) is 0 Å². The molecule has 1 aromatic heterocycles. The van der Waals surface area contributed by atoms with E-state index in [9.17, 15) is 0 Å². The van der Waals surface area contributed by atoms with Crippen molar-refractivity contribution in [1.82, 2.24) is 4.98 Å². The van der Waals surface area contributed by atoms with E-state index in [1.807, 2.05) is 18.5 Å². The molecule has 0 fully saturated rings. The highest BCUT2D eigenvalue weighted by Gasteiger charge is 2.36. The molecule has 3 aliphatic rings. The highest BCUT2D eigenvalue weighted by molar-refractivity contribution is 6.06. The average molecular weight is 906 g/mol. The molecule has 0 saturated carbocycles. The normalized spacial score (nSPS) is 13.3. The Kier molecular flexibility index (Phi) is 9.24. The Bertz CT molecular complexity index is 3940. The quantitative estimate of drug-likeness (QED) is 0.172. The van der Waals surface area contributed by atoms with Gasteiger partial charge in [-0.3, -0.25) is 4.98 Å². The third-order valence-electron chi connectivity index (χ3n) is 15.2. The van der Waals surface area contributed by atoms with Crippen molar-refractivity contribution in [1.29, 1.82) is 0 Å². The summed E-state index contributed by atoms with van der Waals surface area (Å²) in [6, 6.07) is 87.7. The zero-order valence-corrected chi connectivity index (χ0v) is 39.5. The summed E-state index contributed by atoms with van der Waals surface area (Å²) >= 11 is 0. The number of anilines is 6. The van der Waals surface area contributed by atoms with Crippen LogP contribution >= 0.6 is 0 Å². The smallest absolute Gasteiger partial charge is 0.0540 e. The van der Waals surface area contributed by atoms with Gasteiger partial charge in [-0.2, -0.15) is 0 Å². The van der Waals surface area contributed by atoms with E-state index >= 15 is 0 Å². The highest BCUT2D eigenvalue weighted by Crippen LogP contribution is 2.55. The molecule has 0 N–H and O–H groups in total. The van der Waals surface area contributed by atoms with Crippen LogP contribution < -0.4 is 9.80 Å². The molecular formula is C68H47N3. The number of benzene rings is 10. The molecule has 0 spiro atoms. The summed E-state index contributed by atoms with van der Waals surface area (Å²) in [5, 5.41) is 0. The number of fused-ring (bicyclic) bond motifs is 13. The van der Waals surface area contributed by atoms with Gasteiger partial charge in [0, 0.05) is 57.0 Å². The van der Waals surface area contributed by atoms with Gasteiger partial charge in [0.2, 0.25) is 0 Å². The summed E-state index contributed by atoms with van der Waals surface area (Å²) in [5.74, 6) is 0. The van der Waals surface area contributed by atoms with Crippen LogP contribution in [-0.2, 0) is 5.41 Å². The van der Waals surface area contributed by atoms with Crippen LogP contribution in [0.25, 0.3) is 89.0 Å². The number of aromatic nitrogens is 1. The van der Waals surface area contributed by atoms with Crippen molar-refractivity contribution in [3.05, 3.63) is 260 Å². The molecule has 0 unspecified atom stereocenters. The van der Waals surface area contributed by atoms with E-state index in [0.717, 1.165) is 56.4 Å². The fraction of sp³-hybridized carbons (Fsp3) is 0.0441.